The van der Waals surface area contributed by atoms with Gasteiger partial charge >= 0.3 is 0 Å². The fourth-order valence-corrected chi connectivity index (χ4v) is 4.68. The summed E-state index contributed by atoms with van der Waals surface area (Å²) < 4.78 is 5.95. The summed E-state index contributed by atoms with van der Waals surface area (Å²) in [6.07, 6.45) is 5.76. The van der Waals surface area contributed by atoms with E-state index in [2.05, 4.69) is 44.8 Å². The Labute approximate surface area is 130 Å². The van der Waals surface area contributed by atoms with E-state index in [1.54, 1.807) is 0 Å². The molecule has 1 heterocycles. The van der Waals surface area contributed by atoms with Gasteiger partial charge in [-0.15, -0.1) is 0 Å². The Hall–Kier alpha value is -0.120. The predicted molar refractivity (Wildman–Crippen MR) is 87.5 cm³/mol. The maximum atomic E-state index is 5.95. The SMILES string of the molecule is CCOC1CC(N2CC(C)(C3CC3)NCC2CC)C1(C)C. The van der Waals surface area contributed by atoms with Gasteiger partial charge in [0.2, 0.25) is 0 Å². The summed E-state index contributed by atoms with van der Waals surface area (Å²) in [6, 6.07) is 1.39. The average Bonchev–Trinajstić information content (AvgIpc) is 3.28. The molecule has 0 radical (unpaired) electrons. The summed E-state index contributed by atoms with van der Waals surface area (Å²) in [7, 11) is 0. The first kappa shape index (κ1) is 15.8. The molecule has 4 unspecified atom stereocenters. The van der Waals surface area contributed by atoms with Crippen LogP contribution >= 0.6 is 0 Å². The molecule has 0 spiro atoms. The zero-order valence-electron chi connectivity index (χ0n) is 14.6. The minimum Gasteiger partial charge on any atom is -0.378 e. The van der Waals surface area contributed by atoms with Crippen molar-refractivity contribution in [3.05, 3.63) is 0 Å². The van der Waals surface area contributed by atoms with Crippen LogP contribution in [-0.4, -0.2) is 48.3 Å². The van der Waals surface area contributed by atoms with E-state index in [0.29, 0.717) is 29.1 Å². The highest BCUT2D eigenvalue weighted by molar-refractivity contribution is 5.11. The van der Waals surface area contributed by atoms with E-state index >= 15 is 0 Å². The van der Waals surface area contributed by atoms with E-state index in [9.17, 15) is 0 Å². The van der Waals surface area contributed by atoms with Crippen LogP contribution < -0.4 is 5.32 Å². The van der Waals surface area contributed by atoms with E-state index in [-0.39, 0.29) is 0 Å². The summed E-state index contributed by atoms with van der Waals surface area (Å²) in [6.45, 7) is 15.0. The van der Waals surface area contributed by atoms with Crippen LogP contribution in [0.2, 0.25) is 0 Å². The Morgan fingerprint density at radius 1 is 1.19 bits per heavy atom. The fourth-order valence-electron chi connectivity index (χ4n) is 4.68. The van der Waals surface area contributed by atoms with Gasteiger partial charge in [0.05, 0.1) is 6.10 Å². The summed E-state index contributed by atoms with van der Waals surface area (Å²) in [5.74, 6) is 0.906. The molecular weight excluding hydrogens is 260 g/mol. The molecule has 0 amide bonds. The Kier molecular flexibility index (Phi) is 4.13. The van der Waals surface area contributed by atoms with Crippen molar-refractivity contribution in [1.29, 1.82) is 0 Å². The molecule has 3 nitrogen and oxygen atoms in total. The van der Waals surface area contributed by atoms with Gasteiger partial charge in [0, 0.05) is 42.7 Å². The van der Waals surface area contributed by atoms with Crippen molar-refractivity contribution in [1.82, 2.24) is 10.2 Å². The molecule has 3 rings (SSSR count). The smallest absolute Gasteiger partial charge is 0.0655 e. The Morgan fingerprint density at radius 3 is 2.43 bits per heavy atom. The quantitative estimate of drug-likeness (QED) is 0.843. The van der Waals surface area contributed by atoms with Gasteiger partial charge in [-0.3, -0.25) is 4.90 Å². The van der Waals surface area contributed by atoms with Crippen molar-refractivity contribution in [2.75, 3.05) is 19.7 Å². The molecule has 1 saturated heterocycles. The van der Waals surface area contributed by atoms with Crippen molar-refractivity contribution in [2.24, 2.45) is 11.3 Å². The topological polar surface area (TPSA) is 24.5 Å². The maximum absolute atomic E-state index is 5.95. The number of nitrogens with one attached hydrogen (secondary N) is 1. The maximum Gasteiger partial charge on any atom is 0.0655 e. The predicted octanol–water partition coefficient (Wildman–Crippen LogP) is 3.04. The molecule has 2 saturated carbocycles. The van der Waals surface area contributed by atoms with Gasteiger partial charge in [-0.25, -0.2) is 0 Å². The van der Waals surface area contributed by atoms with Crippen LogP contribution in [0.4, 0.5) is 0 Å². The van der Waals surface area contributed by atoms with Crippen LogP contribution in [0.1, 0.15) is 60.3 Å². The fraction of sp³-hybridized carbons (Fsp3) is 1.00. The normalized spacial score (nSPS) is 43.6. The van der Waals surface area contributed by atoms with E-state index in [1.165, 1.54) is 32.2 Å². The molecule has 3 heteroatoms. The van der Waals surface area contributed by atoms with Crippen LogP contribution in [0.5, 0.6) is 0 Å². The molecular formula is C18H34N2O. The lowest BCUT2D eigenvalue weighted by molar-refractivity contribution is -0.167. The van der Waals surface area contributed by atoms with Crippen LogP contribution in [0.25, 0.3) is 0 Å². The Bertz CT molecular complexity index is 379. The molecule has 4 atom stereocenters. The molecule has 21 heavy (non-hydrogen) atoms. The van der Waals surface area contributed by atoms with Crippen LogP contribution in [0.3, 0.4) is 0 Å². The molecule has 0 bridgehead atoms. The monoisotopic (exact) mass is 294 g/mol. The van der Waals surface area contributed by atoms with Gasteiger partial charge in [0.1, 0.15) is 0 Å². The third-order valence-corrected chi connectivity index (χ3v) is 6.57. The third kappa shape index (κ3) is 2.66. The van der Waals surface area contributed by atoms with Gasteiger partial charge < -0.3 is 10.1 Å². The highest BCUT2D eigenvalue weighted by atomic mass is 16.5. The second-order valence-electron chi connectivity index (χ2n) is 8.32. The van der Waals surface area contributed by atoms with Gasteiger partial charge in [0.25, 0.3) is 0 Å². The molecule has 0 aromatic carbocycles. The van der Waals surface area contributed by atoms with Crippen molar-refractivity contribution in [2.45, 2.75) is 84.0 Å². The molecule has 1 N–H and O–H groups in total. The lowest BCUT2D eigenvalue weighted by Gasteiger charge is -2.60. The first-order valence-corrected chi connectivity index (χ1v) is 9.04. The Morgan fingerprint density at radius 2 is 1.90 bits per heavy atom. The van der Waals surface area contributed by atoms with Crippen LogP contribution in [0.15, 0.2) is 0 Å². The van der Waals surface area contributed by atoms with Crippen LogP contribution in [0, 0.1) is 11.3 Å². The van der Waals surface area contributed by atoms with E-state index in [0.717, 1.165) is 19.1 Å². The standard InChI is InChI=1S/C18H34N2O/c1-6-14-11-19-18(5,13-8-9-13)12-20(14)15-10-16(21-7-2)17(15,3)4/h13-16,19H,6-12H2,1-5H3. The van der Waals surface area contributed by atoms with Gasteiger partial charge in [0.15, 0.2) is 0 Å². The van der Waals surface area contributed by atoms with Crippen molar-refractivity contribution in [3.63, 3.8) is 0 Å². The van der Waals surface area contributed by atoms with Crippen molar-refractivity contribution < 1.29 is 4.74 Å². The molecule has 0 aromatic rings. The molecule has 3 fully saturated rings. The summed E-state index contributed by atoms with van der Waals surface area (Å²) in [5.41, 5.74) is 0.643. The third-order valence-electron chi connectivity index (χ3n) is 6.57. The molecule has 2 aliphatic carbocycles. The molecule has 3 aliphatic rings. The summed E-state index contributed by atoms with van der Waals surface area (Å²) in [4.78, 5) is 2.84. The van der Waals surface area contributed by atoms with Gasteiger partial charge in [-0.05, 0) is 45.4 Å². The average molecular weight is 294 g/mol. The zero-order chi connectivity index (χ0) is 15.3. The lowest BCUT2D eigenvalue weighted by atomic mass is 9.62. The highest BCUT2D eigenvalue weighted by Gasteiger charge is 2.55. The number of rotatable bonds is 5. The van der Waals surface area contributed by atoms with Crippen LogP contribution in [-0.2, 0) is 4.74 Å². The van der Waals surface area contributed by atoms with E-state index in [1.807, 2.05) is 0 Å². The van der Waals surface area contributed by atoms with E-state index < -0.39 is 0 Å². The van der Waals surface area contributed by atoms with E-state index in [4.69, 9.17) is 4.74 Å². The van der Waals surface area contributed by atoms with Gasteiger partial charge in [-0.2, -0.15) is 0 Å². The molecule has 0 aromatic heterocycles. The first-order chi connectivity index (χ1) is 9.92. The summed E-state index contributed by atoms with van der Waals surface area (Å²) >= 11 is 0. The Balaban J connectivity index is 1.72. The second-order valence-corrected chi connectivity index (χ2v) is 8.32. The van der Waals surface area contributed by atoms with Crippen molar-refractivity contribution in [3.8, 4) is 0 Å². The first-order valence-electron chi connectivity index (χ1n) is 9.04. The molecule has 1 aliphatic heterocycles. The summed E-state index contributed by atoms with van der Waals surface area (Å²) in [5, 5.41) is 3.88. The minimum absolute atomic E-state index is 0.297. The minimum atomic E-state index is 0.297. The number of nitrogens with zero attached hydrogens (tertiary/aromatic N) is 1. The number of piperazine rings is 1. The van der Waals surface area contributed by atoms with Crippen molar-refractivity contribution >= 4 is 0 Å². The number of ether oxygens (including phenoxy) is 1. The second kappa shape index (κ2) is 5.50. The lowest BCUT2D eigenvalue weighted by Crippen LogP contribution is -2.72. The molecule has 122 valence electrons. The largest absolute Gasteiger partial charge is 0.378 e. The zero-order valence-corrected chi connectivity index (χ0v) is 14.6. The number of hydrogen-bond acceptors (Lipinski definition) is 3. The number of hydrogen-bond donors (Lipinski definition) is 1. The van der Waals surface area contributed by atoms with Gasteiger partial charge in [-0.1, -0.05) is 20.8 Å². The highest BCUT2D eigenvalue weighted by Crippen LogP contribution is 2.49.